The molecule has 1 aliphatic rings. The molecule has 2 amide bonds. The number of rotatable bonds is 4. The molecule has 1 aromatic heterocycles. The lowest BCUT2D eigenvalue weighted by Crippen LogP contribution is -2.41. The molecule has 0 bridgehead atoms. The lowest BCUT2D eigenvalue weighted by atomic mass is 10.0. The van der Waals surface area contributed by atoms with Crippen LogP contribution in [0.3, 0.4) is 0 Å². The van der Waals surface area contributed by atoms with E-state index in [0.717, 1.165) is 18.4 Å². The van der Waals surface area contributed by atoms with Crippen LogP contribution in [0.1, 0.15) is 47.8 Å². The highest BCUT2D eigenvalue weighted by Crippen LogP contribution is 2.26. The summed E-state index contributed by atoms with van der Waals surface area (Å²) < 4.78 is 5.36. The summed E-state index contributed by atoms with van der Waals surface area (Å²) in [5, 5.41) is 1.90. The van der Waals surface area contributed by atoms with E-state index in [1.165, 1.54) is 11.3 Å². The molecule has 1 saturated heterocycles. The normalized spacial score (nSPS) is 18.6. The van der Waals surface area contributed by atoms with Crippen LogP contribution in [-0.4, -0.2) is 36.1 Å². The van der Waals surface area contributed by atoms with E-state index in [1.54, 1.807) is 4.90 Å². The van der Waals surface area contributed by atoms with E-state index in [0.29, 0.717) is 11.4 Å². The molecule has 1 atom stereocenters. The number of primary amides is 1. The lowest BCUT2D eigenvalue weighted by Gasteiger charge is -2.22. The summed E-state index contributed by atoms with van der Waals surface area (Å²) in [5.41, 5.74) is 6.31. The second-order valence-corrected chi connectivity index (χ2v) is 6.20. The summed E-state index contributed by atoms with van der Waals surface area (Å²) in [6, 6.07) is 1.43. The SMILES string of the molecule is CC(C)c1ccsc1C(=O)OCC1CCCN1C(N)=O. The number of hydrogen-bond acceptors (Lipinski definition) is 4. The van der Waals surface area contributed by atoms with Crippen molar-refractivity contribution in [2.45, 2.75) is 38.6 Å². The predicted octanol–water partition coefficient (Wildman–Crippen LogP) is 2.57. The van der Waals surface area contributed by atoms with Crippen LogP contribution in [0, 0.1) is 0 Å². The Kier molecular flexibility index (Phi) is 4.65. The molecule has 2 rings (SSSR count). The third-order valence-electron chi connectivity index (χ3n) is 3.57. The summed E-state index contributed by atoms with van der Waals surface area (Å²) in [4.78, 5) is 25.6. The van der Waals surface area contributed by atoms with Gasteiger partial charge in [-0.05, 0) is 35.8 Å². The van der Waals surface area contributed by atoms with Crippen molar-refractivity contribution in [3.63, 3.8) is 0 Å². The summed E-state index contributed by atoms with van der Waals surface area (Å²) in [7, 11) is 0. The van der Waals surface area contributed by atoms with E-state index in [-0.39, 0.29) is 24.5 Å². The van der Waals surface area contributed by atoms with Gasteiger partial charge in [0, 0.05) is 6.54 Å². The van der Waals surface area contributed by atoms with Crippen LogP contribution in [0.15, 0.2) is 11.4 Å². The fraction of sp³-hybridized carbons (Fsp3) is 0.571. The van der Waals surface area contributed by atoms with Crippen LogP contribution >= 0.6 is 11.3 Å². The molecule has 0 aromatic carbocycles. The van der Waals surface area contributed by atoms with Crippen LogP contribution in [-0.2, 0) is 4.74 Å². The first-order valence-corrected chi connectivity index (χ1v) is 7.69. The Morgan fingerprint density at radius 2 is 2.30 bits per heavy atom. The summed E-state index contributed by atoms with van der Waals surface area (Å²) in [5.74, 6) is -0.0163. The number of ether oxygens (including phenoxy) is 1. The van der Waals surface area contributed by atoms with Gasteiger partial charge < -0.3 is 15.4 Å². The zero-order chi connectivity index (χ0) is 14.7. The van der Waals surface area contributed by atoms with Gasteiger partial charge in [-0.1, -0.05) is 13.8 Å². The monoisotopic (exact) mass is 296 g/mol. The van der Waals surface area contributed by atoms with Gasteiger partial charge in [-0.25, -0.2) is 9.59 Å². The Morgan fingerprint density at radius 3 is 2.95 bits per heavy atom. The number of nitrogens with zero attached hydrogens (tertiary/aromatic N) is 1. The quantitative estimate of drug-likeness (QED) is 0.868. The van der Waals surface area contributed by atoms with E-state index in [4.69, 9.17) is 10.5 Å². The number of carbonyl (C=O) groups is 2. The van der Waals surface area contributed by atoms with Crippen LogP contribution in [0.25, 0.3) is 0 Å². The maximum atomic E-state index is 12.1. The Hall–Kier alpha value is -1.56. The van der Waals surface area contributed by atoms with Crippen molar-refractivity contribution in [2.75, 3.05) is 13.2 Å². The zero-order valence-corrected chi connectivity index (χ0v) is 12.6. The molecule has 1 aliphatic heterocycles. The summed E-state index contributed by atoms with van der Waals surface area (Å²) >= 11 is 1.40. The van der Waals surface area contributed by atoms with Gasteiger partial charge in [-0.3, -0.25) is 0 Å². The highest BCUT2D eigenvalue weighted by molar-refractivity contribution is 7.12. The number of likely N-dealkylation sites (tertiary alicyclic amines) is 1. The molecule has 0 radical (unpaired) electrons. The fourth-order valence-electron chi connectivity index (χ4n) is 2.48. The molecule has 1 unspecified atom stereocenters. The first-order valence-electron chi connectivity index (χ1n) is 6.81. The van der Waals surface area contributed by atoms with Crippen molar-refractivity contribution in [1.29, 1.82) is 0 Å². The number of nitrogens with two attached hydrogens (primary N) is 1. The van der Waals surface area contributed by atoms with Crippen LogP contribution in [0.2, 0.25) is 0 Å². The fourth-order valence-corrected chi connectivity index (χ4v) is 3.42. The van der Waals surface area contributed by atoms with Crippen molar-refractivity contribution >= 4 is 23.3 Å². The van der Waals surface area contributed by atoms with Crippen LogP contribution < -0.4 is 5.73 Å². The minimum atomic E-state index is -0.442. The Morgan fingerprint density at radius 1 is 1.55 bits per heavy atom. The van der Waals surface area contributed by atoms with E-state index in [1.807, 2.05) is 25.3 Å². The molecule has 110 valence electrons. The first kappa shape index (κ1) is 14.8. The van der Waals surface area contributed by atoms with Gasteiger partial charge in [0.1, 0.15) is 11.5 Å². The minimum Gasteiger partial charge on any atom is -0.459 e. The number of esters is 1. The average Bonchev–Trinajstić information content (AvgIpc) is 3.04. The number of carbonyl (C=O) groups excluding carboxylic acids is 2. The Bertz CT molecular complexity index is 498. The van der Waals surface area contributed by atoms with E-state index < -0.39 is 6.03 Å². The molecule has 5 nitrogen and oxygen atoms in total. The van der Waals surface area contributed by atoms with Gasteiger partial charge in [0.05, 0.1) is 6.04 Å². The molecule has 2 N–H and O–H groups in total. The van der Waals surface area contributed by atoms with E-state index >= 15 is 0 Å². The predicted molar refractivity (Wildman–Crippen MR) is 78.0 cm³/mol. The van der Waals surface area contributed by atoms with Gasteiger partial charge in [0.2, 0.25) is 0 Å². The molecule has 0 saturated carbocycles. The minimum absolute atomic E-state index is 0.0843. The molecule has 0 aliphatic carbocycles. The number of thiophene rings is 1. The van der Waals surface area contributed by atoms with Gasteiger partial charge in [-0.15, -0.1) is 11.3 Å². The molecule has 20 heavy (non-hydrogen) atoms. The first-order chi connectivity index (χ1) is 9.50. The van der Waals surface area contributed by atoms with E-state index in [2.05, 4.69) is 0 Å². The van der Waals surface area contributed by atoms with Crippen LogP contribution in [0.5, 0.6) is 0 Å². The summed E-state index contributed by atoms with van der Waals surface area (Å²) in [6.07, 6.45) is 1.74. The molecule has 2 heterocycles. The number of hydrogen-bond donors (Lipinski definition) is 1. The second kappa shape index (κ2) is 6.26. The van der Waals surface area contributed by atoms with Gasteiger partial charge in [0.25, 0.3) is 0 Å². The summed E-state index contributed by atoms with van der Waals surface area (Å²) in [6.45, 7) is 4.96. The molecular weight excluding hydrogens is 276 g/mol. The molecular formula is C14H20N2O3S. The standard InChI is InChI=1S/C14H20N2O3S/c1-9(2)11-5-7-20-12(11)13(17)19-8-10-4-3-6-16(10)14(15)18/h5,7,9-10H,3-4,6,8H2,1-2H3,(H2,15,18). The van der Waals surface area contributed by atoms with Crippen molar-refractivity contribution in [3.05, 3.63) is 21.9 Å². The lowest BCUT2D eigenvalue weighted by molar-refractivity contribution is 0.0426. The number of amides is 2. The zero-order valence-electron chi connectivity index (χ0n) is 11.8. The third kappa shape index (κ3) is 3.12. The molecule has 0 spiro atoms. The van der Waals surface area contributed by atoms with Crippen LogP contribution in [0.4, 0.5) is 4.79 Å². The van der Waals surface area contributed by atoms with Gasteiger partial charge in [-0.2, -0.15) is 0 Å². The molecule has 1 aromatic rings. The van der Waals surface area contributed by atoms with Crippen molar-refractivity contribution in [1.82, 2.24) is 4.90 Å². The highest BCUT2D eigenvalue weighted by Gasteiger charge is 2.28. The smallest absolute Gasteiger partial charge is 0.348 e. The largest absolute Gasteiger partial charge is 0.459 e. The Labute approximate surface area is 122 Å². The Balaban J connectivity index is 1.95. The maximum Gasteiger partial charge on any atom is 0.348 e. The number of urea groups is 1. The van der Waals surface area contributed by atoms with E-state index in [9.17, 15) is 9.59 Å². The third-order valence-corrected chi connectivity index (χ3v) is 4.48. The van der Waals surface area contributed by atoms with Gasteiger partial charge in [0.15, 0.2) is 0 Å². The van der Waals surface area contributed by atoms with Crippen molar-refractivity contribution in [3.8, 4) is 0 Å². The maximum absolute atomic E-state index is 12.1. The molecule has 6 heteroatoms. The second-order valence-electron chi connectivity index (χ2n) is 5.29. The molecule has 1 fully saturated rings. The highest BCUT2D eigenvalue weighted by atomic mass is 32.1. The topological polar surface area (TPSA) is 72.6 Å². The van der Waals surface area contributed by atoms with Crippen molar-refractivity contribution < 1.29 is 14.3 Å². The van der Waals surface area contributed by atoms with Crippen molar-refractivity contribution in [2.24, 2.45) is 5.73 Å². The van der Waals surface area contributed by atoms with Gasteiger partial charge >= 0.3 is 12.0 Å². The average molecular weight is 296 g/mol.